The van der Waals surface area contributed by atoms with Crippen LogP contribution in [0.15, 0.2) is 24.3 Å². The first kappa shape index (κ1) is 18.8. The third kappa shape index (κ3) is 4.05. The Hall–Kier alpha value is -3.01. The lowest BCUT2D eigenvalue weighted by molar-refractivity contribution is -0.384. The molecule has 1 aromatic carbocycles. The summed E-state index contributed by atoms with van der Waals surface area (Å²) in [6, 6.07) is 6.01. The molecule has 3 rings (SSSR count). The van der Waals surface area contributed by atoms with Crippen molar-refractivity contribution in [2.75, 3.05) is 42.9 Å². The van der Waals surface area contributed by atoms with Gasteiger partial charge < -0.3 is 10.2 Å². The van der Waals surface area contributed by atoms with Crippen LogP contribution in [0.4, 0.5) is 21.6 Å². The Labute approximate surface area is 155 Å². The Morgan fingerprint density at radius 1 is 1.30 bits per heavy atom. The summed E-state index contributed by atoms with van der Waals surface area (Å²) in [6.07, 6.45) is 0. The molecule has 2 aromatic rings. The molecule has 0 aliphatic carbocycles. The van der Waals surface area contributed by atoms with Crippen LogP contribution in [0.1, 0.15) is 5.69 Å². The van der Waals surface area contributed by atoms with Crippen molar-refractivity contribution in [3.8, 4) is 0 Å². The fourth-order valence-corrected chi connectivity index (χ4v) is 3.28. The average molecular weight is 376 g/mol. The van der Waals surface area contributed by atoms with E-state index in [0.29, 0.717) is 37.7 Å². The zero-order valence-electron chi connectivity index (χ0n) is 15.2. The first-order chi connectivity index (χ1) is 12.9. The predicted octanol–water partition coefficient (Wildman–Crippen LogP) is 1.54. The molecule has 1 aliphatic heterocycles. The fraction of sp³-hybridized carbons (Fsp3) is 0.412. The van der Waals surface area contributed by atoms with Crippen LogP contribution in [0.2, 0.25) is 0 Å². The molecule has 1 amide bonds. The quantitative estimate of drug-likeness (QED) is 0.628. The van der Waals surface area contributed by atoms with Gasteiger partial charge in [-0.3, -0.25) is 19.8 Å². The van der Waals surface area contributed by atoms with Crippen LogP contribution < -0.4 is 10.2 Å². The molecular formula is C17H21FN6O3. The van der Waals surface area contributed by atoms with E-state index in [1.807, 2.05) is 9.80 Å². The molecule has 0 saturated carbocycles. The smallest absolute Gasteiger partial charge is 0.333 e. The Balaban J connectivity index is 1.59. The van der Waals surface area contributed by atoms with E-state index in [-0.39, 0.29) is 23.8 Å². The largest absolute Gasteiger partial charge is 0.349 e. The van der Waals surface area contributed by atoms with E-state index in [1.165, 1.54) is 16.8 Å². The van der Waals surface area contributed by atoms with E-state index in [9.17, 15) is 19.3 Å². The Bertz CT molecular complexity index is 860. The van der Waals surface area contributed by atoms with Crippen molar-refractivity contribution in [1.82, 2.24) is 14.7 Å². The maximum Gasteiger partial charge on any atom is 0.333 e. The van der Waals surface area contributed by atoms with E-state index in [4.69, 9.17) is 0 Å². The van der Waals surface area contributed by atoms with E-state index < -0.39 is 10.7 Å². The van der Waals surface area contributed by atoms with E-state index in [0.717, 1.165) is 0 Å². The number of aromatic nitrogens is 2. The average Bonchev–Trinajstić information content (AvgIpc) is 2.92. The minimum atomic E-state index is -0.477. The predicted molar refractivity (Wildman–Crippen MR) is 98.3 cm³/mol. The highest BCUT2D eigenvalue weighted by atomic mass is 19.1. The Morgan fingerprint density at radius 2 is 1.96 bits per heavy atom. The first-order valence-corrected chi connectivity index (χ1v) is 8.56. The number of para-hydroxylation sites is 1. The number of carbonyl (C=O) groups excluding carboxylic acids is 1. The number of hydrogen-bond acceptors (Lipinski definition) is 6. The van der Waals surface area contributed by atoms with Crippen LogP contribution in [0, 0.1) is 22.9 Å². The molecule has 144 valence electrons. The molecule has 1 fully saturated rings. The van der Waals surface area contributed by atoms with E-state index in [1.54, 1.807) is 26.1 Å². The van der Waals surface area contributed by atoms with E-state index in [2.05, 4.69) is 10.4 Å². The van der Waals surface area contributed by atoms with Gasteiger partial charge in [0.2, 0.25) is 11.7 Å². The fourth-order valence-electron chi connectivity index (χ4n) is 3.28. The lowest BCUT2D eigenvalue weighted by atomic mass is 10.2. The molecule has 0 bridgehead atoms. The van der Waals surface area contributed by atoms with Gasteiger partial charge in [-0.25, -0.2) is 9.07 Å². The maximum atomic E-state index is 13.6. The second-order valence-corrected chi connectivity index (χ2v) is 6.43. The number of aryl methyl sites for hydroxylation is 2. The molecule has 1 aliphatic rings. The van der Waals surface area contributed by atoms with Gasteiger partial charge in [-0.05, 0) is 19.1 Å². The van der Waals surface area contributed by atoms with Crippen molar-refractivity contribution >= 4 is 23.1 Å². The number of piperazine rings is 1. The molecule has 1 aromatic heterocycles. The van der Waals surface area contributed by atoms with Gasteiger partial charge >= 0.3 is 5.69 Å². The van der Waals surface area contributed by atoms with Crippen LogP contribution in [0.25, 0.3) is 0 Å². The second-order valence-electron chi connectivity index (χ2n) is 6.43. The number of halogens is 1. The van der Waals surface area contributed by atoms with Crippen LogP contribution in [0.5, 0.6) is 0 Å². The topological polar surface area (TPSA) is 96.5 Å². The van der Waals surface area contributed by atoms with Gasteiger partial charge in [-0.1, -0.05) is 12.1 Å². The van der Waals surface area contributed by atoms with Gasteiger partial charge in [0, 0.05) is 33.2 Å². The first-order valence-electron chi connectivity index (χ1n) is 8.56. The molecule has 1 N–H and O–H groups in total. The summed E-state index contributed by atoms with van der Waals surface area (Å²) >= 11 is 0. The van der Waals surface area contributed by atoms with Crippen molar-refractivity contribution in [2.24, 2.45) is 7.05 Å². The number of hydrogen-bond donors (Lipinski definition) is 1. The third-order valence-electron chi connectivity index (χ3n) is 4.53. The zero-order valence-corrected chi connectivity index (χ0v) is 15.2. The number of anilines is 2. The summed E-state index contributed by atoms with van der Waals surface area (Å²) in [6.45, 7) is 3.94. The number of benzene rings is 1. The number of rotatable bonds is 5. The third-order valence-corrected chi connectivity index (χ3v) is 4.53. The summed E-state index contributed by atoms with van der Waals surface area (Å²) in [4.78, 5) is 26.9. The second kappa shape index (κ2) is 7.70. The van der Waals surface area contributed by atoms with Gasteiger partial charge in [-0.2, -0.15) is 5.10 Å². The van der Waals surface area contributed by atoms with Gasteiger partial charge in [0.15, 0.2) is 0 Å². The standard InChI is InChI=1S/C17H21FN6O3/c1-12-16(24(26)27)17(21(2)20-12)23-9-7-22(8-10-23)11-15(25)19-14-6-4-3-5-13(14)18/h3-6H,7-11H2,1-2H3,(H,19,25). The number of nitrogens with zero attached hydrogens (tertiary/aromatic N) is 5. The lowest BCUT2D eigenvalue weighted by Gasteiger charge is -2.34. The summed E-state index contributed by atoms with van der Waals surface area (Å²) in [5.74, 6) is -0.293. The molecule has 2 heterocycles. The molecule has 27 heavy (non-hydrogen) atoms. The summed E-state index contributed by atoms with van der Waals surface area (Å²) in [5, 5.41) is 18.1. The van der Waals surface area contributed by atoms with Crippen molar-refractivity contribution < 1.29 is 14.1 Å². The summed E-state index contributed by atoms with van der Waals surface area (Å²) in [5.41, 5.74) is 0.551. The minimum absolute atomic E-state index is 0.0169. The molecule has 1 saturated heterocycles. The molecule has 0 unspecified atom stereocenters. The minimum Gasteiger partial charge on any atom is -0.349 e. The molecule has 0 spiro atoms. The highest BCUT2D eigenvalue weighted by Gasteiger charge is 2.30. The van der Waals surface area contributed by atoms with Crippen molar-refractivity contribution in [1.29, 1.82) is 0 Å². The van der Waals surface area contributed by atoms with Gasteiger partial charge in [0.25, 0.3) is 0 Å². The highest BCUT2D eigenvalue weighted by Crippen LogP contribution is 2.31. The molecular weight excluding hydrogens is 355 g/mol. The number of nitro groups is 1. The number of amides is 1. The van der Waals surface area contributed by atoms with Crippen molar-refractivity contribution in [3.63, 3.8) is 0 Å². The normalized spacial score (nSPS) is 15.0. The number of carbonyl (C=O) groups is 1. The molecule has 10 heteroatoms. The van der Waals surface area contributed by atoms with Gasteiger partial charge in [0.05, 0.1) is 17.2 Å². The molecule has 9 nitrogen and oxygen atoms in total. The Kier molecular flexibility index (Phi) is 5.36. The highest BCUT2D eigenvalue weighted by molar-refractivity contribution is 5.92. The van der Waals surface area contributed by atoms with Crippen molar-refractivity contribution in [2.45, 2.75) is 6.92 Å². The SMILES string of the molecule is Cc1nn(C)c(N2CCN(CC(=O)Nc3ccccc3F)CC2)c1[N+](=O)[O-]. The van der Waals surface area contributed by atoms with Crippen LogP contribution in [0.3, 0.4) is 0 Å². The molecule has 0 atom stereocenters. The van der Waals surface area contributed by atoms with Crippen LogP contribution in [-0.2, 0) is 11.8 Å². The van der Waals surface area contributed by atoms with E-state index >= 15 is 0 Å². The van der Waals surface area contributed by atoms with Crippen molar-refractivity contribution in [3.05, 3.63) is 45.9 Å². The number of nitrogens with one attached hydrogen (secondary N) is 1. The maximum absolute atomic E-state index is 13.6. The monoisotopic (exact) mass is 376 g/mol. The zero-order chi connectivity index (χ0) is 19.6. The van der Waals surface area contributed by atoms with Crippen LogP contribution in [-0.4, -0.2) is 58.2 Å². The lowest BCUT2D eigenvalue weighted by Crippen LogP contribution is -2.49. The summed E-state index contributed by atoms with van der Waals surface area (Å²) < 4.78 is 15.1. The van der Waals surface area contributed by atoms with Crippen LogP contribution >= 0.6 is 0 Å². The Morgan fingerprint density at radius 3 is 2.59 bits per heavy atom. The van der Waals surface area contributed by atoms with Gasteiger partial charge in [0.1, 0.15) is 11.5 Å². The van der Waals surface area contributed by atoms with Gasteiger partial charge in [-0.15, -0.1) is 0 Å². The summed E-state index contributed by atoms with van der Waals surface area (Å²) in [7, 11) is 1.68. The molecule has 0 radical (unpaired) electrons.